The lowest BCUT2D eigenvalue weighted by atomic mass is 9.83. The van der Waals surface area contributed by atoms with Crippen LogP contribution in [0.5, 0.6) is 0 Å². The molecule has 2 unspecified atom stereocenters. The van der Waals surface area contributed by atoms with Crippen LogP contribution in [0.2, 0.25) is 0 Å². The second-order valence-corrected chi connectivity index (χ2v) is 2.85. The maximum atomic E-state index is 11.1. The molecule has 66 valence electrons. The van der Waals surface area contributed by atoms with Gasteiger partial charge in [0.15, 0.2) is 17.5 Å². The molecule has 0 spiro atoms. The number of ketones is 2. The van der Waals surface area contributed by atoms with Gasteiger partial charge in [-0.15, -0.1) is 0 Å². The molecule has 5 heteroatoms. The summed E-state index contributed by atoms with van der Waals surface area (Å²) >= 11 is 0. The van der Waals surface area contributed by atoms with Crippen molar-refractivity contribution in [2.24, 2.45) is 17.4 Å². The summed E-state index contributed by atoms with van der Waals surface area (Å²) in [7, 11) is 0. The molecule has 0 aliphatic heterocycles. The Morgan fingerprint density at radius 2 is 2.00 bits per heavy atom. The highest BCUT2D eigenvalue weighted by atomic mass is 16.2. The number of Topliss-reactive ketones (excluding diaryl/α,β-unsaturated/α-hetero) is 2. The van der Waals surface area contributed by atoms with Crippen LogP contribution in [0.1, 0.15) is 12.8 Å². The first-order chi connectivity index (χ1) is 5.54. The minimum absolute atomic E-state index is 0.167. The number of hydrogen-bond donors (Lipinski definition) is 2. The second kappa shape index (κ2) is 3.02. The fourth-order valence-corrected chi connectivity index (χ4v) is 1.26. The van der Waals surface area contributed by atoms with Gasteiger partial charge in [-0.05, 0) is 6.42 Å². The van der Waals surface area contributed by atoms with Gasteiger partial charge in [0.2, 0.25) is 5.91 Å². The van der Waals surface area contributed by atoms with Crippen LogP contribution in [-0.2, 0) is 14.4 Å². The Hall–Kier alpha value is -1.23. The monoisotopic (exact) mass is 170 g/mol. The molecule has 1 aliphatic carbocycles. The molecule has 1 rings (SSSR count). The summed E-state index contributed by atoms with van der Waals surface area (Å²) < 4.78 is 0. The lowest BCUT2D eigenvalue weighted by Crippen LogP contribution is -2.49. The molecule has 0 radical (unpaired) electrons. The molecule has 1 amide bonds. The van der Waals surface area contributed by atoms with E-state index in [2.05, 4.69) is 0 Å². The first-order valence-corrected chi connectivity index (χ1v) is 3.65. The number of rotatable bonds is 1. The van der Waals surface area contributed by atoms with Crippen molar-refractivity contribution in [3.05, 3.63) is 0 Å². The van der Waals surface area contributed by atoms with E-state index < -0.39 is 29.4 Å². The minimum Gasteiger partial charge on any atom is -0.369 e. The first-order valence-electron chi connectivity index (χ1n) is 3.65. The van der Waals surface area contributed by atoms with Gasteiger partial charge in [-0.3, -0.25) is 14.4 Å². The zero-order valence-corrected chi connectivity index (χ0v) is 6.45. The number of primary amides is 1. The molecular weight excluding hydrogens is 160 g/mol. The van der Waals surface area contributed by atoms with Crippen molar-refractivity contribution < 1.29 is 14.4 Å². The third kappa shape index (κ3) is 1.35. The van der Waals surface area contributed by atoms with Crippen molar-refractivity contribution >= 4 is 17.5 Å². The second-order valence-electron chi connectivity index (χ2n) is 2.85. The Morgan fingerprint density at radius 1 is 1.42 bits per heavy atom. The van der Waals surface area contributed by atoms with Gasteiger partial charge in [-0.1, -0.05) is 0 Å². The first kappa shape index (κ1) is 8.86. The highest BCUT2D eigenvalue weighted by Crippen LogP contribution is 2.16. The van der Waals surface area contributed by atoms with E-state index in [1.807, 2.05) is 0 Å². The lowest BCUT2D eigenvalue weighted by molar-refractivity contribution is -0.142. The van der Waals surface area contributed by atoms with Crippen LogP contribution in [0.3, 0.4) is 0 Å². The topological polar surface area (TPSA) is 103 Å². The third-order valence-corrected chi connectivity index (χ3v) is 1.96. The molecule has 1 aliphatic rings. The number of amides is 1. The molecule has 12 heavy (non-hydrogen) atoms. The Kier molecular flexibility index (Phi) is 2.23. The predicted molar refractivity (Wildman–Crippen MR) is 39.9 cm³/mol. The third-order valence-electron chi connectivity index (χ3n) is 1.96. The van der Waals surface area contributed by atoms with Gasteiger partial charge >= 0.3 is 0 Å². The average molecular weight is 170 g/mol. The van der Waals surface area contributed by atoms with Crippen LogP contribution in [0.4, 0.5) is 0 Å². The van der Waals surface area contributed by atoms with E-state index in [9.17, 15) is 14.4 Å². The molecule has 0 aromatic rings. The number of hydrogen-bond acceptors (Lipinski definition) is 4. The maximum Gasteiger partial charge on any atom is 0.235 e. The van der Waals surface area contributed by atoms with Gasteiger partial charge in [-0.2, -0.15) is 0 Å². The van der Waals surface area contributed by atoms with Crippen LogP contribution in [0.25, 0.3) is 0 Å². The van der Waals surface area contributed by atoms with Gasteiger partial charge < -0.3 is 11.5 Å². The van der Waals surface area contributed by atoms with Gasteiger partial charge in [0.05, 0.1) is 6.04 Å². The molecule has 4 N–H and O–H groups in total. The predicted octanol–water partition coefficient (Wildman–Crippen LogP) is -1.65. The minimum atomic E-state index is -1.30. The standard InChI is InChI=1S/C7H10N2O3/c8-3-1-2-4(10)5(6(3)11)7(9)12/h3,5H,1-2,8H2,(H2,9,12). The van der Waals surface area contributed by atoms with E-state index in [0.717, 1.165) is 0 Å². The summed E-state index contributed by atoms with van der Waals surface area (Å²) in [4.78, 5) is 32.8. The molecule has 0 aromatic heterocycles. The van der Waals surface area contributed by atoms with Gasteiger partial charge in [0.25, 0.3) is 0 Å². The summed E-state index contributed by atoms with van der Waals surface area (Å²) in [5, 5.41) is 0. The van der Waals surface area contributed by atoms with E-state index in [4.69, 9.17) is 11.5 Å². The van der Waals surface area contributed by atoms with Crippen LogP contribution >= 0.6 is 0 Å². The van der Waals surface area contributed by atoms with Crippen molar-refractivity contribution in [2.45, 2.75) is 18.9 Å². The number of nitrogens with two attached hydrogens (primary N) is 2. The van der Waals surface area contributed by atoms with Crippen molar-refractivity contribution in [1.29, 1.82) is 0 Å². The average Bonchev–Trinajstić information content (AvgIpc) is 1.97. The SMILES string of the molecule is NC(=O)C1C(=O)CCC(N)C1=O. The summed E-state index contributed by atoms with van der Waals surface area (Å²) in [6.07, 6.45) is 0.488. The largest absolute Gasteiger partial charge is 0.369 e. The van der Waals surface area contributed by atoms with Crippen molar-refractivity contribution in [2.75, 3.05) is 0 Å². The van der Waals surface area contributed by atoms with E-state index in [-0.39, 0.29) is 6.42 Å². The molecule has 1 saturated carbocycles. The Bertz CT molecular complexity index is 249. The molecule has 2 atom stereocenters. The van der Waals surface area contributed by atoms with Crippen LogP contribution in [0.15, 0.2) is 0 Å². The fourth-order valence-electron chi connectivity index (χ4n) is 1.26. The van der Waals surface area contributed by atoms with E-state index in [1.54, 1.807) is 0 Å². The molecular formula is C7H10N2O3. The Morgan fingerprint density at radius 3 is 2.42 bits per heavy atom. The maximum absolute atomic E-state index is 11.1. The zero-order valence-electron chi connectivity index (χ0n) is 6.45. The zero-order chi connectivity index (χ0) is 9.30. The molecule has 0 saturated heterocycles. The van der Waals surface area contributed by atoms with E-state index in [1.165, 1.54) is 0 Å². The van der Waals surface area contributed by atoms with Crippen molar-refractivity contribution in [3.63, 3.8) is 0 Å². The van der Waals surface area contributed by atoms with Crippen molar-refractivity contribution in [3.8, 4) is 0 Å². The summed E-state index contributed by atoms with van der Waals surface area (Å²) in [5.74, 6) is -3.14. The number of carbonyl (C=O) groups is 3. The molecule has 0 bridgehead atoms. The van der Waals surface area contributed by atoms with Crippen molar-refractivity contribution in [1.82, 2.24) is 0 Å². The van der Waals surface area contributed by atoms with Gasteiger partial charge in [0, 0.05) is 6.42 Å². The van der Waals surface area contributed by atoms with E-state index in [0.29, 0.717) is 6.42 Å². The molecule has 5 nitrogen and oxygen atoms in total. The van der Waals surface area contributed by atoms with Gasteiger partial charge in [-0.25, -0.2) is 0 Å². The van der Waals surface area contributed by atoms with E-state index >= 15 is 0 Å². The molecule has 0 heterocycles. The van der Waals surface area contributed by atoms with Gasteiger partial charge in [0.1, 0.15) is 0 Å². The van der Waals surface area contributed by atoms with Crippen LogP contribution < -0.4 is 11.5 Å². The molecule has 1 fully saturated rings. The van der Waals surface area contributed by atoms with Crippen LogP contribution in [0, 0.1) is 5.92 Å². The highest BCUT2D eigenvalue weighted by molar-refractivity contribution is 6.21. The highest BCUT2D eigenvalue weighted by Gasteiger charge is 2.38. The summed E-state index contributed by atoms with van der Waals surface area (Å²) in [6, 6.07) is -0.708. The molecule has 0 aromatic carbocycles. The normalized spacial score (nSPS) is 30.4. The summed E-state index contributed by atoms with van der Waals surface area (Å²) in [5.41, 5.74) is 10.2. The Balaban J connectivity index is 2.86. The fraction of sp³-hybridized carbons (Fsp3) is 0.571. The van der Waals surface area contributed by atoms with Crippen LogP contribution in [-0.4, -0.2) is 23.5 Å². The number of carbonyl (C=O) groups excluding carboxylic acids is 3. The smallest absolute Gasteiger partial charge is 0.235 e. The Labute approximate surface area is 69.1 Å². The lowest BCUT2D eigenvalue weighted by Gasteiger charge is -2.21. The quantitative estimate of drug-likeness (QED) is 0.460. The summed E-state index contributed by atoms with van der Waals surface area (Å²) in [6.45, 7) is 0.